The first-order valence-corrected chi connectivity index (χ1v) is 27.4. The zero-order valence-corrected chi connectivity index (χ0v) is 50.0. The van der Waals surface area contributed by atoms with Crippen LogP contribution in [0.4, 0.5) is 11.4 Å². The largest absolute Gasteiger partial charge is 0.509 e. The number of anilines is 2. The van der Waals surface area contributed by atoms with Crippen molar-refractivity contribution in [1.82, 2.24) is 9.55 Å². The Morgan fingerprint density at radius 1 is 0.468 bits per heavy atom. The Hall–Kier alpha value is -7.46. The second-order valence-electron chi connectivity index (χ2n) is 24.8. The Labute approximate surface area is 483 Å². The molecule has 0 bridgehead atoms. The van der Waals surface area contributed by atoms with Crippen LogP contribution in [0.2, 0.25) is 0 Å². The number of hydrogen-bond acceptors (Lipinski definition) is 4. The molecule has 5 nitrogen and oxygen atoms in total. The fraction of sp³-hybridized carbons (Fsp3) is 0.233. The minimum Gasteiger partial charge on any atom is -0.509 e. The fourth-order valence-electron chi connectivity index (χ4n) is 11.2. The number of rotatable bonds is 12. The predicted molar refractivity (Wildman–Crippen MR) is 326 cm³/mol. The third-order valence-electron chi connectivity index (χ3n) is 16.3. The third kappa shape index (κ3) is 10.5. The van der Waals surface area contributed by atoms with Gasteiger partial charge in [-0.15, -0.1) is 53.8 Å². The first-order valence-electron chi connectivity index (χ1n) is 27.4. The summed E-state index contributed by atoms with van der Waals surface area (Å²) in [4.78, 5) is 9.60. The molecule has 0 saturated heterocycles. The van der Waals surface area contributed by atoms with Gasteiger partial charge < -0.3 is 19.1 Å². The van der Waals surface area contributed by atoms with Crippen LogP contribution in [0, 0.1) is 18.8 Å². The van der Waals surface area contributed by atoms with Crippen molar-refractivity contribution < 1.29 is 25.8 Å². The van der Waals surface area contributed by atoms with E-state index in [1.165, 1.54) is 38.9 Å². The standard InChI is InChI=1S/C73H71N4O.Pt/c1-69(2,3)54-37-38-74-67(44-54)77-64-36-26-25-35-62(64)68-63(70(4,5)6)46-61(47-65(68)77)78-60-43-57(73(11,12)53-33-23-16-24-34-53)42-59(45-60)76-49-75(48-66(76)50-27-17-13-18-28-50)58-40-55(71(7,8)51-29-19-14-20-30-51)39-56(41-58)72(9,10)52-31-21-15-22-32-52;/h13-44,46,48-49H,1-12H3;/q-3;. The van der Waals surface area contributed by atoms with Crippen LogP contribution in [0.25, 0.3) is 33.3 Å². The minimum atomic E-state index is -0.422. The molecule has 0 unspecified atom stereocenters. The van der Waals surface area contributed by atoms with Gasteiger partial charge in [0.25, 0.3) is 0 Å². The molecule has 0 N–H and O–H groups in total. The van der Waals surface area contributed by atoms with Gasteiger partial charge in [0.05, 0.1) is 0 Å². The Bertz CT molecular complexity index is 3770. The molecule has 10 aromatic rings. The van der Waals surface area contributed by atoms with Gasteiger partial charge in [-0.2, -0.15) is 0 Å². The number of benzene rings is 8. The Balaban J connectivity index is 0.00000704. The summed E-state index contributed by atoms with van der Waals surface area (Å²) >= 11 is 0. The van der Waals surface area contributed by atoms with E-state index in [0.717, 1.165) is 55.8 Å². The van der Waals surface area contributed by atoms with Gasteiger partial charge in [0.2, 0.25) is 0 Å². The van der Waals surface area contributed by atoms with Gasteiger partial charge >= 0.3 is 0 Å². The number of hydrogen-bond donors (Lipinski definition) is 0. The van der Waals surface area contributed by atoms with Crippen molar-refractivity contribution in [3.63, 3.8) is 0 Å². The monoisotopic (exact) mass is 1210 g/mol. The van der Waals surface area contributed by atoms with E-state index < -0.39 is 5.41 Å². The SMILES string of the molecule is CC(C)(C)c1ccnc(-n2c3[c-]c(Oc4[c-]c(N5[CH-]N(c6cc(C(C)(C)c7ccccc7)cc(C(C)(C)c7ccccc7)c6)C=C5c5ccccc5)cc(C(C)(C)c5ccccc5)c4)cc(C(C)(C)C)c3c3ccccc32)c1.[Pt]. The maximum atomic E-state index is 7.28. The van der Waals surface area contributed by atoms with Crippen molar-refractivity contribution in [2.75, 3.05) is 9.80 Å². The number of pyridine rings is 1. The van der Waals surface area contributed by atoms with Crippen LogP contribution in [0.5, 0.6) is 11.5 Å². The molecule has 1 aliphatic rings. The first kappa shape index (κ1) is 54.9. The third-order valence-corrected chi connectivity index (χ3v) is 16.3. The number of aromatic nitrogens is 2. The molecule has 6 heteroatoms. The smallest absolute Gasteiger partial charge is 0.135 e. The molecule has 0 radical (unpaired) electrons. The topological polar surface area (TPSA) is 33.5 Å². The zero-order chi connectivity index (χ0) is 54.8. The molecular weight excluding hydrogens is 1140 g/mol. The first-order chi connectivity index (χ1) is 37.2. The molecule has 79 heavy (non-hydrogen) atoms. The van der Waals surface area contributed by atoms with E-state index in [1.54, 1.807) is 0 Å². The molecule has 8 aromatic carbocycles. The van der Waals surface area contributed by atoms with Crippen LogP contribution >= 0.6 is 0 Å². The molecule has 0 atom stereocenters. The van der Waals surface area contributed by atoms with Crippen molar-refractivity contribution >= 4 is 38.9 Å². The maximum Gasteiger partial charge on any atom is 0.135 e. The van der Waals surface area contributed by atoms with E-state index in [2.05, 4.69) is 317 Å². The summed E-state index contributed by atoms with van der Waals surface area (Å²) in [5, 5.41) is 2.30. The summed E-state index contributed by atoms with van der Waals surface area (Å²) in [6.45, 7) is 29.7. The number of nitrogens with zero attached hydrogens (tertiary/aromatic N) is 4. The molecule has 0 spiro atoms. The van der Waals surface area contributed by atoms with Crippen molar-refractivity contribution in [3.8, 4) is 17.3 Å². The fourth-order valence-corrected chi connectivity index (χ4v) is 11.2. The average Bonchev–Trinajstić information content (AvgIpc) is 4.29. The normalized spacial score (nSPS) is 13.4. The van der Waals surface area contributed by atoms with E-state index >= 15 is 0 Å². The Morgan fingerprint density at radius 2 is 0.975 bits per heavy atom. The zero-order valence-electron chi connectivity index (χ0n) is 47.7. The van der Waals surface area contributed by atoms with Gasteiger partial charge in [-0.3, -0.25) is 0 Å². The van der Waals surface area contributed by atoms with E-state index in [9.17, 15) is 0 Å². The van der Waals surface area contributed by atoms with E-state index in [-0.39, 0.29) is 42.7 Å². The maximum absolute atomic E-state index is 7.28. The second-order valence-corrected chi connectivity index (χ2v) is 24.8. The summed E-state index contributed by atoms with van der Waals surface area (Å²) in [5.41, 5.74) is 14.3. The number of fused-ring (bicyclic) bond motifs is 3. The van der Waals surface area contributed by atoms with E-state index in [0.29, 0.717) is 11.5 Å². The molecular formula is C73H71N4OPt-3. The van der Waals surface area contributed by atoms with Gasteiger partial charge in [0, 0.05) is 66.5 Å². The van der Waals surface area contributed by atoms with Gasteiger partial charge in [-0.25, -0.2) is 4.98 Å². The van der Waals surface area contributed by atoms with Crippen LogP contribution in [0.3, 0.4) is 0 Å². The summed E-state index contributed by atoms with van der Waals surface area (Å²) in [7, 11) is 0. The Morgan fingerprint density at radius 3 is 1.52 bits per heavy atom. The molecule has 0 saturated carbocycles. The van der Waals surface area contributed by atoms with Crippen LogP contribution in [0.1, 0.15) is 133 Å². The molecule has 0 aliphatic carbocycles. The van der Waals surface area contributed by atoms with Crippen molar-refractivity contribution in [2.45, 2.75) is 110 Å². The number of ether oxygens (including phenoxy) is 1. The molecule has 2 aromatic heterocycles. The summed E-state index contributed by atoms with van der Waals surface area (Å²) in [6, 6.07) is 77.7. The van der Waals surface area contributed by atoms with E-state index in [1.807, 2.05) is 6.20 Å². The summed E-state index contributed by atoms with van der Waals surface area (Å²) in [6.07, 6.45) is 4.20. The quantitative estimate of drug-likeness (QED) is 0.114. The summed E-state index contributed by atoms with van der Waals surface area (Å²) < 4.78 is 9.55. The molecule has 11 rings (SSSR count). The van der Waals surface area contributed by atoms with Gasteiger partial charge in [-0.1, -0.05) is 240 Å². The van der Waals surface area contributed by atoms with Crippen LogP contribution in [-0.2, 0) is 48.1 Å². The average molecular weight is 1220 g/mol. The molecule has 402 valence electrons. The van der Waals surface area contributed by atoms with Gasteiger partial charge in [-0.05, 0) is 97.1 Å². The number of para-hydroxylation sites is 1. The Kier molecular flexibility index (Phi) is 14.6. The summed E-state index contributed by atoms with van der Waals surface area (Å²) in [5.74, 6) is 2.05. The second kappa shape index (κ2) is 21.0. The van der Waals surface area contributed by atoms with Crippen LogP contribution in [-0.4, -0.2) is 9.55 Å². The van der Waals surface area contributed by atoms with Crippen LogP contribution in [0.15, 0.2) is 207 Å². The molecule has 3 heterocycles. The van der Waals surface area contributed by atoms with Gasteiger partial charge in [0.1, 0.15) is 5.82 Å². The van der Waals surface area contributed by atoms with Gasteiger partial charge in [0.15, 0.2) is 0 Å². The van der Waals surface area contributed by atoms with Crippen molar-refractivity contribution in [2.24, 2.45) is 0 Å². The van der Waals surface area contributed by atoms with E-state index in [4.69, 9.17) is 9.72 Å². The van der Waals surface area contributed by atoms with Crippen LogP contribution < -0.4 is 14.5 Å². The predicted octanol–water partition coefficient (Wildman–Crippen LogP) is 18.6. The van der Waals surface area contributed by atoms with Crippen molar-refractivity contribution in [1.29, 1.82) is 0 Å². The molecule has 0 amide bonds. The molecule has 1 aliphatic heterocycles. The van der Waals surface area contributed by atoms with Crippen molar-refractivity contribution in [3.05, 3.63) is 275 Å². The molecule has 0 fully saturated rings. The minimum absolute atomic E-state index is 0.